The van der Waals surface area contributed by atoms with Crippen LogP contribution in [0.5, 0.6) is 0 Å². The normalized spacial score (nSPS) is 14.2. The molecule has 0 aliphatic rings. The first-order chi connectivity index (χ1) is 9.56. The zero-order chi connectivity index (χ0) is 14.8. The monoisotopic (exact) mass is 280 g/mol. The van der Waals surface area contributed by atoms with Crippen LogP contribution >= 0.6 is 0 Å². The molecule has 0 fully saturated rings. The van der Waals surface area contributed by atoms with Gasteiger partial charge in [-0.2, -0.15) is 0 Å². The summed E-state index contributed by atoms with van der Waals surface area (Å²) in [5.74, 6) is -0.253. The lowest BCUT2D eigenvalue weighted by atomic mass is 9.90. The molecule has 114 valence electrons. The zero-order valence-corrected chi connectivity index (χ0v) is 13.0. The zero-order valence-electron chi connectivity index (χ0n) is 13.0. The molecule has 0 radical (unpaired) electrons. The van der Waals surface area contributed by atoms with E-state index in [0.29, 0.717) is 0 Å². The molecule has 1 aromatic rings. The smallest absolute Gasteiger partial charge is 0.123 e. The minimum atomic E-state index is -0.837. The Morgan fingerprint density at radius 3 is 1.95 bits per heavy atom. The van der Waals surface area contributed by atoms with E-state index in [1.807, 2.05) is 6.92 Å². The van der Waals surface area contributed by atoms with Crippen LogP contribution in [-0.4, -0.2) is 5.11 Å². The Bertz CT molecular complexity index is 356. The van der Waals surface area contributed by atoms with E-state index >= 15 is 0 Å². The van der Waals surface area contributed by atoms with Crippen molar-refractivity contribution in [1.29, 1.82) is 0 Å². The second kappa shape index (κ2) is 9.12. The molecule has 0 aromatic heterocycles. The highest BCUT2D eigenvalue weighted by atomic mass is 19.1. The van der Waals surface area contributed by atoms with E-state index in [2.05, 4.69) is 6.92 Å². The van der Waals surface area contributed by atoms with E-state index in [0.717, 1.165) is 18.4 Å². The lowest BCUT2D eigenvalue weighted by molar-refractivity contribution is 0.0447. The molecule has 0 spiro atoms. The molecular formula is C18H29FO. The molecule has 0 saturated carbocycles. The van der Waals surface area contributed by atoms with Gasteiger partial charge < -0.3 is 5.11 Å². The number of hydrogen-bond donors (Lipinski definition) is 1. The second-order valence-electron chi connectivity index (χ2n) is 6.01. The topological polar surface area (TPSA) is 20.2 Å². The fourth-order valence-electron chi connectivity index (χ4n) is 2.56. The summed E-state index contributed by atoms with van der Waals surface area (Å²) in [6, 6.07) is 6.19. The number of halogens is 1. The molecule has 1 aromatic carbocycles. The summed E-state index contributed by atoms with van der Waals surface area (Å²) in [4.78, 5) is 0. The van der Waals surface area contributed by atoms with Crippen molar-refractivity contribution < 1.29 is 9.50 Å². The molecule has 1 rings (SSSR count). The number of aliphatic hydroxyl groups is 1. The number of benzene rings is 1. The highest BCUT2D eigenvalue weighted by molar-refractivity contribution is 5.22. The van der Waals surface area contributed by atoms with Gasteiger partial charge in [0.15, 0.2) is 0 Å². The van der Waals surface area contributed by atoms with Crippen LogP contribution in [-0.2, 0) is 5.60 Å². The third-order valence-electron chi connectivity index (χ3n) is 3.98. The van der Waals surface area contributed by atoms with E-state index in [1.165, 1.54) is 57.1 Å². The van der Waals surface area contributed by atoms with Gasteiger partial charge in [-0.05, 0) is 31.0 Å². The van der Waals surface area contributed by atoms with Gasteiger partial charge in [-0.25, -0.2) is 4.39 Å². The molecule has 0 heterocycles. The van der Waals surface area contributed by atoms with Crippen LogP contribution < -0.4 is 0 Å². The SMILES string of the molecule is CCCCCCCCCCC(C)(O)c1ccc(F)cc1. The first-order valence-corrected chi connectivity index (χ1v) is 8.04. The Hall–Kier alpha value is -0.890. The summed E-state index contributed by atoms with van der Waals surface area (Å²) in [7, 11) is 0. The van der Waals surface area contributed by atoms with Crippen molar-refractivity contribution >= 4 is 0 Å². The van der Waals surface area contributed by atoms with Gasteiger partial charge in [0.2, 0.25) is 0 Å². The van der Waals surface area contributed by atoms with Crippen LogP contribution in [0, 0.1) is 5.82 Å². The maximum absolute atomic E-state index is 12.9. The Kier molecular flexibility index (Phi) is 7.83. The van der Waals surface area contributed by atoms with E-state index in [-0.39, 0.29) is 5.82 Å². The minimum Gasteiger partial charge on any atom is -0.385 e. The molecule has 20 heavy (non-hydrogen) atoms. The maximum atomic E-state index is 12.9. The molecule has 0 amide bonds. The average Bonchev–Trinajstić information content (AvgIpc) is 2.42. The van der Waals surface area contributed by atoms with Crippen LogP contribution in [0.4, 0.5) is 4.39 Å². The lowest BCUT2D eigenvalue weighted by Crippen LogP contribution is -2.20. The molecule has 0 aliphatic heterocycles. The molecular weight excluding hydrogens is 251 g/mol. The minimum absolute atomic E-state index is 0.253. The lowest BCUT2D eigenvalue weighted by Gasteiger charge is -2.23. The number of unbranched alkanes of at least 4 members (excludes halogenated alkanes) is 7. The molecule has 2 heteroatoms. The molecule has 1 N–H and O–H groups in total. The van der Waals surface area contributed by atoms with Gasteiger partial charge in [0, 0.05) is 0 Å². The van der Waals surface area contributed by atoms with Crippen molar-refractivity contribution in [3.05, 3.63) is 35.6 Å². The highest BCUT2D eigenvalue weighted by Gasteiger charge is 2.22. The fraction of sp³-hybridized carbons (Fsp3) is 0.667. The maximum Gasteiger partial charge on any atom is 0.123 e. The van der Waals surface area contributed by atoms with Crippen LogP contribution in [0.1, 0.15) is 77.2 Å². The molecule has 0 bridgehead atoms. The Labute approximate surface area is 123 Å². The number of rotatable bonds is 10. The van der Waals surface area contributed by atoms with E-state index < -0.39 is 5.60 Å². The van der Waals surface area contributed by atoms with Crippen molar-refractivity contribution in [2.45, 2.75) is 77.2 Å². The summed E-state index contributed by atoms with van der Waals surface area (Å²) >= 11 is 0. The predicted octanol–water partition coefficient (Wildman–Crippen LogP) is 5.56. The van der Waals surface area contributed by atoms with Gasteiger partial charge in [-0.1, -0.05) is 70.4 Å². The molecule has 0 aliphatic carbocycles. The van der Waals surface area contributed by atoms with Gasteiger partial charge in [0.05, 0.1) is 5.60 Å². The second-order valence-corrected chi connectivity index (χ2v) is 6.01. The first kappa shape index (κ1) is 17.2. The molecule has 1 atom stereocenters. The third-order valence-corrected chi connectivity index (χ3v) is 3.98. The summed E-state index contributed by atoms with van der Waals surface area (Å²) in [6.45, 7) is 4.05. The van der Waals surface area contributed by atoms with Gasteiger partial charge in [0.25, 0.3) is 0 Å². The van der Waals surface area contributed by atoms with Gasteiger partial charge in [-0.15, -0.1) is 0 Å². The van der Waals surface area contributed by atoms with Crippen LogP contribution in [0.2, 0.25) is 0 Å². The summed E-state index contributed by atoms with van der Waals surface area (Å²) in [6.07, 6.45) is 10.8. The van der Waals surface area contributed by atoms with Crippen LogP contribution in [0.3, 0.4) is 0 Å². The van der Waals surface area contributed by atoms with Crippen molar-refractivity contribution in [3.8, 4) is 0 Å². The van der Waals surface area contributed by atoms with Gasteiger partial charge in [0.1, 0.15) is 5.82 Å². The summed E-state index contributed by atoms with van der Waals surface area (Å²) in [5.41, 5.74) is -0.0301. The van der Waals surface area contributed by atoms with E-state index in [1.54, 1.807) is 12.1 Å². The van der Waals surface area contributed by atoms with Crippen molar-refractivity contribution in [2.75, 3.05) is 0 Å². The van der Waals surface area contributed by atoms with Gasteiger partial charge in [-0.3, -0.25) is 0 Å². The van der Waals surface area contributed by atoms with Crippen LogP contribution in [0.15, 0.2) is 24.3 Å². The van der Waals surface area contributed by atoms with E-state index in [9.17, 15) is 9.50 Å². The Morgan fingerprint density at radius 2 is 1.40 bits per heavy atom. The van der Waals surface area contributed by atoms with Crippen molar-refractivity contribution in [1.82, 2.24) is 0 Å². The quantitative estimate of drug-likeness (QED) is 0.556. The largest absolute Gasteiger partial charge is 0.385 e. The fourth-order valence-corrected chi connectivity index (χ4v) is 2.56. The standard InChI is InChI=1S/C18H29FO/c1-3-4-5-6-7-8-9-10-15-18(2,20)16-11-13-17(19)14-12-16/h11-14,20H,3-10,15H2,1-2H3. The van der Waals surface area contributed by atoms with Gasteiger partial charge >= 0.3 is 0 Å². The summed E-state index contributed by atoms with van der Waals surface area (Å²) < 4.78 is 12.9. The molecule has 1 nitrogen and oxygen atoms in total. The first-order valence-electron chi connectivity index (χ1n) is 8.04. The van der Waals surface area contributed by atoms with Crippen molar-refractivity contribution in [3.63, 3.8) is 0 Å². The number of hydrogen-bond acceptors (Lipinski definition) is 1. The average molecular weight is 280 g/mol. The Morgan fingerprint density at radius 1 is 0.900 bits per heavy atom. The van der Waals surface area contributed by atoms with Crippen molar-refractivity contribution in [2.24, 2.45) is 0 Å². The Balaban J connectivity index is 2.18. The molecule has 1 unspecified atom stereocenters. The highest BCUT2D eigenvalue weighted by Crippen LogP contribution is 2.27. The third kappa shape index (κ3) is 6.51. The molecule has 0 saturated heterocycles. The summed E-state index contributed by atoms with van der Waals surface area (Å²) in [5, 5.41) is 10.4. The predicted molar refractivity (Wildman–Crippen MR) is 83.2 cm³/mol. The van der Waals surface area contributed by atoms with E-state index in [4.69, 9.17) is 0 Å². The van der Waals surface area contributed by atoms with Crippen LogP contribution in [0.25, 0.3) is 0 Å².